The Bertz CT molecular complexity index is 1230. The van der Waals surface area contributed by atoms with Gasteiger partial charge in [-0.25, -0.2) is 15.1 Å². The number of benzene rings is 2. The molecule has 2 aromatic rings. The lowest BCUT2D eigenvalue weighted by Crippen LogP contribution is -2.48. The lowest BCUT2D eigenvalue weighted by atomic mass is 9.47. The Morgan fingerprint density at radius 2 is 1.70 bits per heavy atom. The van der Waals surface area contributed by atoms with E-state index in [1.807, 2.05) is 30.3 Å². The molecule has 1 saturated heterocycles. The first-order valence-electron chi connectivity index (χ1n) is 14.7. The van der Waals surface area contributed by atoms with E-state index in [1.54, 1.807) is 0 Å². The van der Waals surface area contributed by atoms with Crippen LogP contribution in [0.2, 0.25) is 0 Å². The molecule has 2 aromatic carbocycles. The molecule has 1 unspecified atom stereocenters. The zero-order chi connectivity index (χ0) is 27.7. The summed E-state index contributed by atoms with van der Waals surface area (Å²) < 4.78 is 11.6. The van der Waals surface area contributed by atoms with Crippen LogP contribution < -0.4 is 10.2 Å². The number of amides is 1. The van der Waals surface area contributed by atoms with Crippen molar-refractivity contribution in [3.8, 4) is 16.9 Å². The molecule has 7 heteroatoms. The number of ether oxygens (including phenoxy) is 2. The fraction of sp³-hybridized carbons (Fsp3) is 0.515. The van der Waals surface area contributed by atoms with E-state index in [0.29, 0.717) is 12.2 Å². The second-order valence-electron chi connectivity index (χ2n) is 12.3. The first kappa shape index (κ1) is 27.0. The van der Waals surface area contributed by atoms with Crippen LogP contribution in [0.1, 0.15) is 75.3 Å². The molecule has 5 aliphatic rings. The van der Waals surface area contributed by atoms with E-state index in [1.165, 1.54) is 49.7 Å². The first-order valence-corrected chi connectivity index (χ1v) is 14.7. The van der Waals surface area contributed by atoms with Gasteiger partial charge in [0.05, 0.1) is 18.6 Å². The van der Waals surface area contributed by atoms with Gasteiger partial charge in [0.25, 0.3) is 0 Å². The van der Waals surface area contributed by atoms with E-state index in [0.717, 1.165) is 48.3 Å². The van der Waals surface area contributed by atoms with E-state index in [-0.39, 0.29) is 36.2 Å². The third-order valence-electron chi connectivity index (χ3n) is 9.44. The number of carbonyl (C=O) groups excluding carboxylic acids is 1. The van der Waals surface area contributed by atoms with Gasteiger partial charge in [-0.2, -0.15) is 0 Å². The Morgan fingerprint density at radius 3 is 2.33 bits per heavy atom. The second-order valence-corrected chi connectivity index (χ2v) is 12.3. The number of rotatable bonds is 10. The van der Waals surface area contributed by atoms with E-state index in [9.17, 15) is 14.7 Å². The van der Waals surface area contributed by atoms with Crippen LogP contribution in [0.3, 0.4) is 0 Å². The lowest BCUT2D eigenvalue weighted by molar-refractivity contribution is -0.200. The Labute approximate surface area is 235 Å². The van der Waals surface area contributed by atoms with E-state index < -0.39 is 5.97 Å². The maximum absolute atomic E-state index is 12.3. The summed E-state index contributed by atoms with van der Waals surface area (Å²) >= 11 is 0. The molecule has 4 aliphatic carbocycles. The molecular weight excluding hydrogens is 506 g/mol. The fourth-order valence-electron chi connectivity index (χ4n) is 7.97. The number of hydrogen-bond acceptors (Lipinski definition) is 5. The maximum Gasteiger partial charge on any atom is 0.335 e. The molecule has 212 valence electrons. The molecule has 1 heterocycles. The van der Waals surface area contributed by atoms with Crippen LogP contribution in [0, 0.1) is 17.8 Å². The third-order valence-corrected chi connectivity index (χ3v) is 9.44. The Balaban J connectivity index is 1.20. The third kappa shape index (κ3) is 5.68. The Kier molecular flexibility index (Phi) is 7.69. The monoisotopic (exact) mass is 545 g/mol. The number of carbonyl (C=O) groups is 2. The molecule has 0 spiro atoms. The molecule has 1 aliphatic heterocycles. The van der Waals surface area contributed by atoms with E-state index >= 15 is 0 Å². The highest BCUT2D eigenvalue weighted by Crippen LogP contribution is 2.62. The minimum Gasteiger partial charge on any atom is -0.493 e. The van der Waals surface area contributed by atoms with Crippen LogP contribution >= 0.6 is 0 Å². The van der Waals surface area contributed by atoms with Crippen LogP contribution in [-0.2, 0) is 24.6 Å². The summed E-state index contributed by atoms with van der Waals surface area (Å²) in [6.07, 6.45) is 10.4. The molecule has 7 nitrogen and oxygen atoms in total. The standard InChI is InChI=1S/C33H39NO6/c1-21(32(36)37)25-5-7-26(8-6-25)28-10-9-27(38-13-11-30(35)34-40-31-4-2-3-12-39-31)17-29(28)33-18-22-14-23(19-33)16-24(15-22)20-33/h5-10,17,22-24,31H,1-4,11-16,18-20H2,(H,34,35)(H,36,37). The first-order chi connectivity index (χ1) is 19.4. The molecule has 7 rings (SSSR count). The average molecular weight is 546 g/mol. The quantitative estimate of drug-likeness (QED) is 0.270. The van der Waals surface area contributed by atoms with Gasteiger partial charge in [0, 0.05) is 13.0 Å². The molecule has 0 aromatic heterocycles. The molecule has 4 bridgehead atoms. The number of hydrogen-bond donors (Lipinski definition) is 2. The molecule has 2 N–H and O–H groups in total. The van der Waals surface area contributed by atoms with Crippen LogP contribution in [0.4, 0.5) is 0 Å². The van der Waals surface area contributed by atoms with Gasteiger partial charge in [-0.3, -0.25) is 4.79 Å². The van der Waals surface area contributed by atoms with Crippen molar-refractivity contribution in [3.63, 3.8) is 0 Å². The minimum absolute atomic E-state index is 0.0947. The molecule has 4 saturated carbocycles. The topological polar surface area (TPSA) is 94.1 Å². The highest BCUT2D eigenvalue weighted by molar-refractivity contribution is 6.14. The Morgan fingerprint density at radius 1 is 1.00 bits per heavy atom. The summed E-state index contributed by atoms with van der Waals surface area (Å²) in [5.41, 5.74) is 6.93. The van der Waals surface area contributed by atoms with Crippen molar-refractivity contribution < 1.29 is 29.0 Å². The van der Waals surface area contributed by atoms with Gasteiger partial charge in [-0.15, -0.1) is 0 Å². The molecule has 5 fully saturated rings. The van der Waals surface area contributed by atoms with Gasteiger partial charge in [-0.1, -0.05) is 36.9 Å². The van der Waals surface area contributed by atoms with Crippen molar-refractivity contribution in [2.45, 2.75) is 75.9 Å². The van der Waals surface area contributed by atoms with E-state index in [2.05, 4.69) is 24.2 Å². The molecule has 1 amide bonds. The van der Waals surface area contributed by atoms with Crippen LogP contribution in [0.5, 0.6) is 5.75 Å². The van der Waals surface area contributed by atoms with Crippen molar-refractivity contribution in [2.24, 2.45) is 17.8 Å². The zero-order valence-electron chi connectivity index (χ0n) is 23.0. The van der Waals surface area contributed by atoms with Gasteiger partial charge >= 0.3 is 5.97 Å². The smallest absolute Gasteiger partial charge is 0.335 e. The summed E-state index contributed by atoms with van der Waals surface area (Å²) in [6.45, 7) is 4.62. The van der Waals surface area contributed by atoms with Crippen molar-refractivity contribution in [3.05, 3.63) is 60.2 Å². The molecule has 1 atom stereocenters. The number of hydroxylamine groups is 1. The second kappa shape index (κ2) is 11.4. The number of carboxylic acids is 1. The van der Waals surface area contributed by atoms with E-state index in [4.69, 9.17) is 14.3 Å². The highest BCUT2D eigenvalue weighted by atomic mass is 16.8. The van der Waals surface area contributed by atoms with Crippen molar-refractivity contribution in [2.75, 3.05) is 13.2 Å². The number of aliphatic carboxylic acids is 1. The summed E-state index contributed by atoms with van der Waals surface area (Å²) in [4.78, 5) is 29.1. The summed E-state index contributed by atoms with van der Waals surface area (Å²) in [6, 6.07) is 14.0. The number of nitrogens with one attached hydrogen (secondary N) is 1. The molecular formula is C33H39NO6. The van der Waals surface area contributed by atoms with Crippen LogP contribution in [0.15, 0.2) is 49.0 Å². The SMILES string of the molecule is C=C(C(=O)O)c1ccc(-c2ccc(OCCC(=O)NOC3CCCCO3)cc2C23CC4CC(CC(C4)C2)C3)cc1. The van der Waals surface area contributed by atoms with Gasteiger partial charge in [0.1, 0.15) is 5.75 Å². The van der Waals surface area contributed by atoms with Gasteiger partial charge in [-0.05, 0) is 109 Å². The number of carboxylic acid groups (broad SMARTS) is 1. The van der Waals surface area contributed by atoms with Gasteiger partial charge in [0.2, 0.25) is 5.91 Å². The molecule has 40 heavy (non-hydrogen) atoms. The average Bonchev–Trinajstić information content (AvgIpc) is 2.95. The normalized spacial score (nSPS) is 28.7. The van der Waals surface area contributed by atoms with Crippen molar-refractivity contribution >= 4 is 17.4 Å². The van der Waals surface area contributed by atoms with Crippen LogP contribution in [0.25, 0.3) is 16.7 Å². The van der Waals surface area contributed by atoms with Gasteiger partial charge in [0.15, 0.2) is 6.29 Å². The van der Waals surface area contributed by atoms with Gasteiger partial charge < -0.3 is 14.6 Å². The maximum atomic E-state index is 12.3. The predicted molar refractivity (Wildman–Crippen MR) is 151 cm³/mol. The largest absolute Gasteiger partial charge is 0.493 e. The molecule has 0 radical (unpaired) electrons. The summed E-state index contributed by atoms with van der Waals surface area (Å²) in [7, 11) is 0. The summed E-state index contributed by atoms with van der Waals surface area (Å²) in [5, 5.41) is 9.34. The summed E-state index contributed by atoms with van der Waals surface area (Å²) in [5.74, 6) is 1.92. The van der Waals surface area contributed by atoms with Crippen LogP contribution in [-0.4, -0.2) is 36.5 Å². The predicted octanol–water partition coefficient (Wildman–Crippen LogP) is 6.26. The lowest BCUT2D eigenvalue weighted by Gasteiger charge is -2.57. The fourth-order valence-corrected chi connectivity index (χ4v) is 7.97. The highest BCUT2D eigenvalue weighted by Gasteiger charge is 2.52. The zero-order valence-corrected chi connectivity index (χ0v) is 23.0. The van der Waals surface area contributed by atoms with Crippen molar-refractivity contribution in [1.82, 2.24) is 5.48 Å². The minimum atomic E-state index is -1.01. The van der Waals surface area contributed by atoms with Crippen molar-refractivity contribution in [1.29, 1.82) is 0 Å². The Hall–Kier alpha value is -3.16.